The van der Waals surface area contributed by atoms with Crippen LogP contribution in [0.2, 0.25) is 5.02 Å². The second-order valence-corrected chi connectivity index (χ2v) is 7.04. The van der Waals surface area contributed by atoms with Gasteiger partial charge in [0.25, 0.3) is 0 Å². The number of carbonyl (C=O) groups excluding carboxylic acids is 2. The molecule has 0 bridgehead atoms. The van der Waals surface area contributed by atoms with Crippen LogP contribution >= 0.6 is 11.6 Å². The highest BCUT2D eigenvalue weighted by molar-refractivity contribution is 6.31. The van der Waals surface area contributed by atoms with Gasteiger partial charge in [0, 0.05) is 5.02 Å². The SMILES string of the molecule is CC(C)(C)OC(=O)Nc1ccc(F)cc1NC(=O)Cc1ccccc1Cl. The molecule has 0 saturated heterocycles. The minimum absolute atomic E-state index is 0.0159. The predicted octanol–water partition coefficient (Wildman–Crippen LogP) is 5.01. The lowest BCUT2D eigenvalue weighted by atomic mass is 10.1. The largest absolute Gasteiger partial charge is 0.444 e. The maximum Gasteiger partial charge on any atom is 0.412 e. The van der Waals surface area contributed by atoms with Crippen LogP contribution in [0.4, 0.5) is 20.6 Å². The number of amides is 2. The van der Waals surface area contributed by atoms with E-state index in [0.29, 0.717) is 10.6 Å². The summed E-state index contributed by atoms with van der Waals surface area (Å²) in [6.07, 6.45) is -0.687. The molecule has 0 aliphatic rings. The van der Waals surface area contributed by atoms with Crippen LogP contribution in [0.25, 0.3) is 0 Å². The Balaban J connectivity index is 2.13. The third-order valence-electron chi connectivity index (χ3n) is 3.20. The molecule has 7 heteroatoms. The van der Waals surface area contributed by atoms with Gasteiger partial charge in [0.05, 0.1) is 17.8 Å². The van der Waals surface area contributed by atoms with Gasteiger partial charge >= 0.3 is 6.09 Å². The molecule has 2 rings (SSSR count). The fraction of sp³-hybridized carbons (Fsp3) is 0.263. The summed E-state index contributed by atoms with van der Waals surface area (Å²) in [7, 11) is 0. The Kier molecular flexibility index (Phi) is 6.21. The van der Waals surface area contributed by atoms with Crippen molar-refractivity contribution in [1.29, 1.82) is 0 Å². The average molecular weight is 379 g/mol. The second kappa shape index (κ2) is 8.19. The standard InChI is InChI=1S/C19H20ClFN2O3/c1-19(2,3)26-18(25)23-15-9-8-13(21)11-16(15)22-17(24)10-12-6-4-5-7-14(12)20/h4-9,11H,10H2,1-3H3,(H,22,24)(H,23,25). The van der Waals surface area contributed by atoms with Gasteiger partial charge in [-0.15, -0.1) is 0 Å². The maximum atomic E-state index is 13.6. The number of halogens is 2. The van der Waals surface area contributed by atoms with Crippen molar-refractivity contribution in [3.63, 3.8) is 0 Å². The topological polar surface area (TPSA) is 67.4 Å². The van der Waals surface area contributed by atoms with E-state index in [0.717, 1.165) is 6.07 Å². The third-order valence-corrected chi connectivity index (χ3v) is 3.57. The van der Waals surface area contributed by atoms with E-state index in [-0.39, 0.29) is 17.8 Å². The molecule has 2 amide bonds. The van der Waals surface area contributed by atoms with Crippen LogP contribution < -0.4 is 10.6 Å². The number of carbonyl (C=O) groups is 2. The van der Waals surface area contributed by atoms with Crippen molar-refractivity contribution in [2.75, 3.05) is 10.6 Å². The van der Waals surface area contributed by atoms with E-state index in [1.54, 1.807) is 45.0 Å². The first-order chi connectivity index (χ1) is 12.1. The highest BCUT2D eigenvalue weighted by Gasteiger charge is 2.18. The fourth-order valence-electron chi connectivity index (χ4n) is 2.15. The van der Waals surface area contributed by atoms with Gasteiger partial charge in [-0.2, -0.15) is 0 Å². The number of ether oxygens (including phenoxy) is 1. The average Bonchev–Trinajstić information content (AvgIpc) is 2.50. The zero-order chi connectivity index (χ0) is 19.3. The number of anilines is 2. The summed E-state index contributed by atoms with van der Waals surface area (Å²) >= 11 is 6.04. The van der Waals surface area contributed by atoms with E-state index in [1.807, 2.05) is 0 Å². The van der Waals surface area contributed by atoms with E-state index in [1.165, 1.54) is 12.1 Å². The molecule has 0 heterocycles. The summed E-state index contributed by atoms with van der Waals surface area (Å²) in [6.45, 7) is 5.18. The first-order valence-electron chi connectivity index (χ1n) is 7.97. The third kappa shape index (κ3) is 6.04. The van der Waals surface area contributed by atoms with Crippen LogP contribution in [0.3, 0.4) is 0 Å². The Morgan fingerprint density at radius 1 is 1.08 bits per heavy atom. The Morgan fingerprint density at radius 3 is 2.42 bits per heavy atom. The van der Waals surface area contributed by atoms with Crippen LogP contribution in [-0.2, 0) is 16.0 Å². The van der Waals surface area contributed by atoms with Crippen LogP contribution in [0.1, 0.15) is 26.3 Å². The van der Waals surface area contributed by atoms with E-state index in [2.05, 4.69) is 10.6 Å². The molecule has 2 aromatic rings. The van der Waals surface area contributed by atoms with Crippen molar-refractivity contribution in [2.24, 2.45) is 0 Å². The molecule has 0 aromatic heterocycles. The predicted molar refractivity (Wildman–Crippen MR) is 100 cm³/mol. The first-order valence-corrected chi connectivity index (χ1v) is 8.34. The molecule has 2 aromatic carbocycles. The van der Waals surface area contributed by atoms with Crippen molar-refractivity contribution in [2.45, 2.75) is 32.8 Å². The number of rotatable bonds is 4. The molecule has 0 aliphatic carbocycles. The van der Waals surface area contributed by atoms with E-state index in [9.17, 15) is 14.0 Å². The monoisotopic (exact) mass is 378 g/mol. The summed E-state index contributed by atoms with van der Waals surface area (Å²) in [5, 5.41) is 5.56. The Morgan fingerprint density at radius 2 is 1.77 bits per heavy atom. The first kappa shape index (κ1) is 19.7. The Labute approximate surface area is 156 Å². The molecule has 2 N–H and O–H groups in total. The summed E-state index contributed by atoms with van der Waals surface area (Å²) in [5.41, 5.74) is 0.322. The summed E-state index contributed by atoms with van der Waals surface area (Å²) in [4.78, 5) is 24.2. The number of hydrogen-bond acceptors (Lipinski definition) is 3. The van der Waals surface area contributed by atoms with Crippen LogP contribution in [0.5, 0.6) is 0 Å². The highest BCUT2D eigenvalue weighted by Crippen LogP contribution is 2.24. The zero-order valence-corrected chi connectivity index (χ0v) is 15.5. The Hall–Kier alpha value is -2.60. The molecule has 0 fully saturated rings. The van der Waals surface area contributed by atoms with Crippen LogP contribution in [-0.4, -0.2) is 17.6 Å². The molecule has 0 aliphatic heterocycles. The van der Waals surface area contributed by atoms with E-state index in [4.69, 9.17) is 16.3 Å². The fourth-order valence-corrected chi connectivity index (χ4v) is 2.35. The number of hydrogen-bond donors (Lipinski definition) is 2. The van der Waals surface area contributed by atoms with Gasteiger partial charge in [-0.1, -0.05) is 29.8 Å². The molecular weight excluding hydrogens is 359 g/mol. The highest BCUT2D eigenvalue weighted by atomic mass is 35.5. The number of benzene rings is 2. The van der Waals surface area contributed by atoms with E-state index >= 15 is 0 Å². The molecule has 0 radical (unpaired) electrons. The molecule has 0 saturated carbocycles. The quantitative estimate of drug-likeness (QED) is 0.786. The molecule has 0 atom stereocenters. The maximum absolute atomic E-state index is 13.6. The van der Waals surface area contributed by atoms with Crippen molar-refractivity contribution in [3.05, 3.63) is 58.9 Å². The minimum atomic E-state index is -0.703. The molecular formula is C19H20ClFN2O3. The van der Waals surface area contributed by atoms with Gasteiger partial charge in [-0.3, -0.25) is 10.1 Å². The minimum Gasteiger partial charge on any atom is -0.444 e. The van der Waals surface area contributed by atoms with Crippen molar-refractivity contribution in [3.8, 4) is 0 Å². The van der Waals surface area contributed by atoms with Gasteiger partial charge in [-0.05, 0) is 50.6 Å². The van der Waals surface area contributed by atoms with Gasteiger partial charge in [0.2, 0.25) is 5.91 Å². The van der Waals surface area contributed by atoms with Gasteiger partial charge in [0.1, 0.15) is 11.4 Å². The number of nitrogens with one attached hydrogen (secondary N) is 2. The molecule has 26 heavy (non-hydrogen) atoms. The van der Waals surface area contributed by atoms with Crippen molar-refractivity contribution < 1.29 is 18.7 Å². The zero-order valence-electron chi connectivity index (χ0n) is 14.7. The van der Waals surface area contributed by atoms with Crippen LogP contribution in [0.15, 0.2) is 42.5 Å². The molecule has 5 nitrogen and oxygen atoms in total. The second-order valence-electron chi connectivity index (χ2n) is 6.63. The molecule has 0 unspecified atom stereocenters. The summed E-state index contributed by atoms with van der Waals surface area (Å²) in [6, 6.07) is 10.6. The van der Waals surface area contributed by atoms with Crippen molar-refractivity contribution in [1.82, 2.24) is 0 Å². The smallest absolute Gasteiger partial charge is 0.412 e. The lowest BCUT2D eigenvalue weighted by Gasteiger charge is -2.20. The summed E-state index contributed by atoms with van der Waals surface area (Å²) in [5.74, 6) is -0.941. The Bertz CT molecular complexity index is 819. The van der Waals surface area contributed by atoms with Crippen molar-refractivity contribution >= 4 is 35.0 Å². The van der Waals surface area contributed by atoms with Crippen LogP contribution in [0, 0.1) is 5.82 Å². The summed E-state index contributed by atoms with van der Waals surface area (Å²) < 4.78 is 18.8. The van der Waals surface area contributed by atoms with Gasteiger partial charge in [-0.25, -0.2) is 9.18 Å². The molecule has 0 spiro atoms. The lowest BCUT2D eigenvalue weighted by Crippen LogP contribution is -2.27. The van der Waals surface area contributed by atoms with Gasteiger partial charge < -0.3 is 10.1 Å². The normalized spacial score (nSPS) is 11.0. The molecule has 138 valence electrons. The lowest BCUT2D eigenvalue weighted by molar-refractivity contribution is -0.115. The van der Waals surface area contributed by atoms with E-state index < -0.39 is 23.4 Å². The van der Waals surface area contributed by atoms with Gasteiger partial charge in [0.15, 0.2) is 0 Å².